The van der Waals surface area contributed by atoms with Crippen molar-refractivity contribution < 1.29 is 13.5 Å². The Kier molecular flexibility index (Phi) is 4.07. The van der Waals surface area contributed by atoms with Gasteiger partial charge in [0.1, 0.15) is 0 Å². The second-order valence-electron chi connectivity index (χ2n) is 4.84. The first kappa shape index (κ1) is 14.2. The third-order valence-corrected chi connectivity index (χ3v) is 5.44. The Morgan fingerprint density at radius 3 is 2.74 bits per heavy atom. The average Bonchev–Trinajstić information content (AvgIpc) is 2.39. The molecular formula is C12H19N3O3S. The van der Waals surface area contributed by atoms with E-state index in [4.69, 9.17) is 5.73 Å². The highest BCUT2D eigenvalue weighted by atomic mass is 32.2. The minimum Gasteiger partial charge on any atom is -0.396 e. The summed E-state index contributed by atoms with van der Waals surface area (Å²) >= 11 is 0. The molecule has 1 aliphatic carbocycles. The number of nitrogens with two attached hydrogens (primary N) is 1. The van der Waals surface area contributed by atoms with Crippen LogP contribution < -0.4 is 5.73 Å². The number of aromatic nitrogens is 1. The lowest BCUT2D eigenvalue weighted by Gasteiger charge is -2.34. The molecule has 1 aliphatic rings. The molecule has 1 aromatic heterocycles. The fraction of sp³-hybridized carbons (Fsp3) is 0.583. The second kappa shape index (κ2) is 5.44. The molecule has 1 fully saturated rings. The molecular weight excluding hydrogens is 266 g/mol. The van der Waals surface area contributed by atoms with Crippen LogP contribution in [0.1, 0.15) is 25.7 Å². The Morgan fingerprint density at radius 1 is 1.42 bits per heavy atom. The van der Waals surface area contributed by atoms with Gasteiger partial charge in [-0.1, -0.05) is 12.8 Å². The van der Waals surface area contributed by atoms with Gasteiger partial charge < -0.3 is 10.8 Å². The lowest BCUT2D eigenvalue weighted by molar-refractivity contribution is 0.0637. The van der Waals surface area contributed by atoms with Crippen molar-refractivity contribution >= 4 is 15.7 Å². The van der Waals surface area contributed by atoms with Gasteiger partial charge in [-0.15, -0.1) is 0 Å². The van der Waals surface area contributed by atoms with E-state index in [0.717, 1.165) is 12.8 Å². The van der Waals surface area contributed by atoms with Gasteiger partial charge in [-0.3, -0.25) is 0 Å². The van der Waals surface area contributed by atoms with E-state index < -0.39 is 22.2 Å². The molecule has 6 nitrogen and oxygen atoms in total. The van der Waals surface area contributed by atoms with Crippen molar-refractivity contribution in [3.8, 4) is 0 Å². The molecule has 3 N–H and O–H groups in total. The Balaban J connectivity index is 2.31. The molecule has 0 spiro atoms. The SMILES string of the molecule is CN(C1CCCCC1O)S(=O)(=O)c1ncccc1N. The van der Waals surface area contributed by atoms with Crippen LogP contribution in [0.2, 0.25) is 0 Å². The largest absolute Gasteiger partial charge is 0.396 e. The topological polar surface area (TPSA) is 96.5 Å². The summed E-state index contributed by atoms with van der Waals surface area (Å²) in [5.74, 6) is 0. The maximum absolute atomic E-state index is 12.5. The van der Waals surface area contributed by atoms with Crippen molar-refractivity contribution in [3.05, 3.63) is 18.3 Å². The number of pyridine rings is 1. The van der Waals surface area contributed by atoms with Crippen molar-refractivity contribution in [1.29, 1.82) is 0 Å². The first-order valence-corrected chi connectivity index (χ1v) is 7.75. The summed E-state index contributed by atoms with van der Waals surface area (Å²) in [6.07, 6.45) is 3.90. The van der Waals surface area contributed by atoms with Crippen LogP contribution in [0.15, 0.2) is 23.4 Å². The van der Waals surface area contributed by atoms with Gasteiger partial charge in [0.05, 0.1) is 17.8 Å². The molecule has 0 aliphatic heterocycles. The van der Waals surface area contributed by atoms with Crippen LogP contribution in [0.4, 0.5) is 5.69 Å². The molecule has 0 saturated heterocycles. The molecule has 2 unspecified atom stereocenters. The molecule has 2 atom stereocenters. The van der Waals surface area contributed by atoms with Gasteiger partial charge in [-0.05, 0) is 25.0 Å². The molecule has 19 heavy (non-hydrogen) atoms. The zero-order chi connectivity index (χ0) is 14.0. The number of anilines is 1. The number of nitrogen functional groups attached to an aromatic ring is 1. The zero-order valence-electron chi connectivity index (χ0n) is 10.9. The van der Waals surface area contributed by atoms with Crippen molar-refractivity contribution in [3.63, 3.8) is 0 Å². The number of likely N-dealkylation sites (N-methyl/N-ethyl adjacent to an activating group) is 1. The lowest BCUT2D eigenvalue weighted by Crippen LogP contribution is -2.46. The highest BCUT2D eigenvalue weighted by molar-refractivity contribution is 7.89. The summed E-state index contributed by atoms with van der Waals surface area (Å²) in [4.78, 5) is 3.85. The molecule has 106 valence electrons. The Bertz CT molecular complexity index is 547. The summed E-state index contributed by atoms with van der Waals surface area (Å²) in [5.41, 5.74) is 5.80. The monoisotopic (exact) mass is 285 g/mol. The first-order valence-electron chi connectivity index (χ1n) is 6.31. The summed E-state index contributed by atoms with van der Waals surface area (Å²) in [5, 5.41) is 9.82. The van der Waals surface area contributed by atoms with E-state index in [2.05, 4.69) is 4.98 Å². The van der Waals surface area contributed by atoms with Crippen LogP contribution in [0.25, 0.3) is 0 Å². The molecule has 0 aromatic carbocycles. The van der Waals surface area contributed by atoms with Crippen LogP contribution in [-0.2, 0) is 10.0 Å². The Labute approximate surface area is 113 Å². The number of rotatable bonds is 3. The molecule has 1 heterocycles. The van der Waals surface area contributed by atoms with E-state index in [0.29, 0.717) is 12.8 Å². The highest BCUT2D eigenvalue weighted by Crippen LogP contribution is 2.27. The van der Waals surface area contributed by atoms with Crippen molar-refractivity contribution in [2.24, 2.45) is 0 Å². The molecule has 1 saturated carbocycles. The van der Waals surface area contributed by atoms with E-state index >= 15 is 0 Å². The van der Waals surface area contributed by atoms with E-state index in [9.17, 15) is 13.5 Å². The van der Waals surface area contributed by atoms with Crippen molar-refractivity contribution in [1.82, 2.24) is 9.29 Å². The minimum atomic E-state index is -3.76. The maximum Gasteiger partial charge on any atom is 0.262 e. The van der Waals surface area contributed by atoms with Crippen LogP contribution >= 0.6 is 0 Å². The fourth-order valence-corrected chi connectivity index (χ4v) is 3.88. The zero-order valence-corrected chi connectivity index (χ0v) is 11.7. The van der Waals surface area contributed by atoms with Crippen molar-refractivity contribution in [2.75, 3.05) is 12.8 Å². The average molecular weight is 285 g/mol. The molecule has 0 radical (unpaired) electrons. The number of nitrogens with zero attached hydrogens (tertiary/aromatic N) is 2. The van der Waals surface area contributed by atoms with Crippen LogP contribution in [0.5, 0.6) is 0 Å². The van der Waals surface area contributed by atoms with Crippen LogP contribution in [-0.4, -0.2) is 42.0 Å². The number of hydrogen-bond donors (Lipinski definition) is 2. The predicted octanol–water partition coefficient (Wildman–Crippen LogP) is 0.588. The van der Waals surface area contributed by atoms with Crippen LogP contribution in [0, 0.1) is 0 Å². The summed E-state index contributed by atoms with van der Waals surface area (Å²) < 4.78 is 26.1. The smallest absolute Gasteiger partial charge is 0.262 e. The van der Waals surface area contributed by atoms with Gasteiger partial charge in [0.2, 0.25) is 0 Å². The highest BCUT2D eigenvalue weighted by Gasteiger charge is 2.35. The number of sulfonamides is 1. The third kappa shape index (κ3) is 2.72. The second-order valence-corrected chi connectivity index (χ2v) is 6.75. The van der Waals surface area contributed by atoms with Gasteiger partial charge in [-0.2, -0.15) is 4.31 Å². The number of aliphatic hydroxyl groups excluding tert-OH is 1. The summed E-state index contributed by atoms with van der Waals surface area (Å²) in [6.45, 7) is 0. The molecule has 7 heteroatoms. The van der Waals surface area contributed by atoms with E-state index in [1.54, 1.807) is 6.07 Å². The van der Waals surface area contributed by atoms with E-state index in [-0.39, 0.29) is 10.7 Å². The third-order valence-electron chi connectivity index (χ3n) is 3.59. The molecule has 1 aromatic rings. The van der Waals surface area contributed by atoms with Gasteiger partial charge in [-0.25, -0.2) is 13.4 Å². The predicted molar refractivity (Wildman–Crippen MR) is 71.9 cm³/mol. The Morgan fingerprint density at radius 2 is 2.11 bits per heavy atom. The minimum absolute atomic E-state index is 0.125. The van der Waals surface area contributed by atoms with Crippen LogP contribution in [0.3, 0.4) is 0 Å². The molecule has 2 rings (SSSR count). The van der Waals surface area contributed by atoms with Gasteiger partial charge in [0.25, 0.3) is 10.0 Å². The molecule has 0 bridgehead atoms. The van der Waals surface area contributed by atoms with E-state index in [1.807, 2.05) is 0 Å². The van der Waals surface area contributed by atoms with E-state index in [1.165, 1.54) is 23.6 Å². The maximum atomic E-state index is 12.5. The summed E-state index contributed by atoms with van der Waals surface area (Å²) in [6, 6.07) is 2.69. The first-order chi connectivity index (χ1) is 8.94. The Hall–Kier alpha value is -1.18. The quantitative estimate of drug-likeness (QED) is 0.847. The number of hydrogen-bond acceptors (Lipinski definition) is 5. The normalized spacial score (nSPS) is 24.6. The summed E-state index contributed by atoms with van der Waals surface area (Å²) in [7, 11) is -2.29. The van der Waals surface area contributed by atoms with Crippen molar-refractivity contribution in [2.45, 2.75) is 42.9 Å². The van der Waals surface area contributed by atoms with Gasteiger partial charge in [0.15, 0.2) is 5.03 Å². The lowest BCUT2D eigenvalue weighted by atomic mass is 9.93. The molecule has 0 amide bonds. The standard InChI is InChI=1S/C12H19N3O3S/c1-15(10-6-2-3-7-11(10)16)19(17,18)12-9(13)5-4-8-14-12/h4-5,8,10-11,16H,2-3,6-7,13H2,1H3. The van der Waals surface area contributed by atoms with Gasteiger partial charge >= 0.3 is 0 Å². The van der Waals surface area contributed by atoms with Gasteiger partial charge in [0, 0.05) is 13.2 Å². The number of aliphatic hydroxyl groups is 1. The fourth-order valence-electron chi connectivity index (χ4n) is 2.45.